The topological polar surface area (TPSA) is 59.6 Å². The minimum absolute atomic E-state index is 0.357. The number of aromatic nitrogens is 3. The Hall–Kier alpha value is -2.80. The summed E-state index contributed by atoms with van der Waals surface area (Å²) < 4.78 is 13.0. The van der Waals surface area contributed by atoms with Gasteiger partial charge in [0.05, 0.1) is 19.6 Å². The fourth-order valence-electron chi connectivity index (χ4n) is 5.12. The number of ether oxygens (including phenoxy) is 1. The van der Waals surface area contributed by atoms with Gasteiger partial charge in [-0.2, -0.15) is 4.98 Å². The predicted octanol–water partition coefficient (Wildman–Crippen LogP) is 4.10. The van der Waals surface area contributed by atoms with Crippen molar-refractivity contribution in [1.29, 1.82) is 0 Å². The number of methoxy groups -OCH3 is 1. The van der Waals surface area contributed by atoms with Gasteiger partial charge in [-0.3, -0.25) is 9.47 Å². The molecule has 7 heteroatoms. The zero-order valence-electron chi connectivity index (χ0n) is 18.2. The highest BCUT2D eigenvalue weighted by atomic mass is 16.5. The second-order valence-corrected chi connectivity index (χ2v) is 8.71. The molecule has 7 nitrogen and oxygen atoms in total. The number of imidazole rings is 1. The highest BCUT2D eigenvalue weighted by Crippen LogP contribution is 2.34. The average Bonchev–Trinajstić information content (AvgIpc) is 3.46. The van der Waals surface area contributed by atoms with Gasteiger partial charge in [0.2, 0.25) is 0 Å². The quantitative estimate of drug-likeness (QED) is 0.597. The molecule has 0 aromatic carbocycles. The largest absolute Gasteiger partial charge is 0.472 e. The molecule has 0 bridgehead atoms. The number of furan rings is 1. The molecule has 0 atom stereocenters. The third-order valence-electron chi connectivity index (χ3n) is 6.88. The Morgan fingerprint density at radius 3 is 2.68 bits per heavy atom. The van der Waals surface area contributed by atoms with Gasteiger partial charge in [-0.1, -0.05) is 6.58 Å². The molecule has 0 aliphatic carbocycles. The van der Waals surface area contributed by atoms with Gasteiger partial charge in [-0.15, -0.1) is 0 Å². The predicted molar refractivity (Wildman–Crippen MR) is 120 cm³/mol. The van der Waals surface area contributed by atoms with Crippen molar-refractivity contribution in [3.63, 3.8) is 0 Å². The maximum absolute atomic E-state index is 5.57. The number of likely N-dealkylation sites (tertiary alicyclic amines) is 2. The number of allylic oxidation sites excluding steroid dienone is 1. The lowest BCUT2D eigenvalue weighted by Crippen LogP contribution is -2.40. The fourth-order valence-corrected chi connectivity index (χ4v) is 5.12. The van der Waals surface area contributed by atoms with E-state index < -0.39 is 0 Å². The number of nitrogens with zero attached hydrogens (tertiary/aromatic N) is 5. The third-order valence-corrected chi connectivity index (χ3v) is 6.88. The molecule has 0 radical (unpaired) electrons. The van der Waals surface area contributed by atoms with E-state index in [0.29, 0.717) is 18.0 Å². The van der Waals surface area contributed by atoms with E-state index in [1.54, 1.807) is 13.4 Å². The first-order valence-electron chi connectivity index (χ1n) is 11.3. The number of rotatable bonds is 6. The first kappa shape index (κ1) is 20.1. The number of hydrogen-bond acceptors (Lipinski definition) is 6. The van der Waals surface area contributed by atoms with Crippen molar-refractivity contribution in [2.75, 3.05) is 33.3 Å². The van der Waals surface area contributed by atoms with Crippen LogP contribution in [-0.4, -0.2) is 57.6 Å². The fraction of sp³-hybridized carbons (Fsp3) is 0.500. The molecule has 2 aliphatic heterocycles. The lowest BCUT2D eigenvalue weighted by Gasteiger charge is -2.40. The van der Waals surface area contributed by atoms with Crippen LogP contribution in [0.3, 0.4) is 0 Å². The summed E-state index contributed by atoms with van der Waals surface area (Å²) in [5.74, 6) is 0.586. The molecule has 3 aromatic heterocycles. The van der Waals surface area contributed by atoms with Crippen molar-refractivity contribution >= 4 is 11.2 Å². The van der Waals surface area contributed by atoms with Crippen molar-refractivity contribution in [2.45, 2.75) is 38.3 Å². The molecule has 2 aliphatic rings. The number of piperidine rings is 2. The van der Waals surface area contributed by atoms with Crippen LogP contribution in [0.4, 0.5) is 0 Å². The van der Waals surface area contributed by atoms with Gasteiger partial charge in [-0.25, -0.2) is 4.98 Å². The van der Waals surface area contributed by atoms with E-state index in [9.17, 15) is 0 Å². The van der Waals surface area contributed by atoms with Crippen LogP contribution < -0.4 is 4.74 Å². The van der Waals surface area contributed by atoms with Crippen LogP contribution in [0.15, 0.2) is 53.6 Å². The molecule has 0 spiro atoms. The minimum Gasteiger partial charge on any atom is -0.472 e. The first-order chi connectivity index (χ1) is 15.2. The molecular weight excluding hydrogens is 390 g/mol. The Labute approximate surface area is 183 Å². The molecule has 2 fully saturated rings. The van der Waals surface area contributed by atoms with Gasteiger partial charge in [0, 0.05) is 49.1 Å². The molecule has 31 heavy (non-hydrogen) atoms. The van der Waals surface area contributed by atoms with Crippen LogP contribution in [0.1, 0.15) is 37.3 Å². The Balaban J connectivity index is 1.17. The van der Waals surface area contributed by atoms with Crippen molar-refractivity contribution in [1.82, 2.24) is 24.3 Å². The summed E-state index contributed by atoms with van der Waals surface area (Å²) in [6, 6.07) is 7.00. The molecule has 0 amide bonds. The molecule has 2 saturated heterocycles. The van der Waals surface area contributed by atoms with Crippen molar-refractivity contribution in [3.05, 3.63) is 54.8 Å². The van der Waals surface area contributed by atoms with Crippen LogP contribution in [0.25, 0.3) is 11.2 Å². The smallest absolute Gasteiger partial charge is 0.298 e. The maximum atomic E-state index is 5.57. The standard InChI is InChI=1S/C24H31N5O2/c1-18(20-5-11-27(12-6-20)16-19-9-15-31-17-19)28-13-7-21(8-14-28)29-23-22(4-3-10-25-23)26-24(29)30-2/h3-4,9-10,15,17,20-21H,1,5-8,11-14,16H2,2H3. The van der Waals surface area contributed by atoms with Crippen LogP contribution in [0.5, 0.6) is 6.01 Å². The minimum atomic E-state index is 0.357. The van der Waals surface area contributed by atoms with Crippen LogP contribution in [0, 0.1) is 5.92 Å². The Morgan fingerprint density at radius 1 is 1.16 bits per heavy atom. The normalized spacial score (nSPS) is 19.2. The summed E-state index contributed by atoms with van der Waals surface area (Å²) in [5.41, 5.74) is 4.40. The van der Waals surface area contributed by atoms with E-state index in [-0.39, 0.29) is 0 Å². The number of fused-ring (bicyclic) bond motifs is 1. The van der Waals surface area contributed by atoms with Gasteiger partial charge >= 0.3 is 0 Å². The van der Waals surface area contributed by atoms with E-state index in [2.05, 4.69) is 37.0 Å². The molecule has 5 rings (SSSR count). The average molecular weight is 422 g/mol. The van der Waals surface area contributed by atoms with Gasteiger partial charge < -0.3 is 14.1 Å². The van der Waals surface area contributed by atoms with Crippen LogP contribution in [0.2, 0.25) is 0 Å². The van der Waals surface area contributed by atoms with E-state index >= 15 is 0 Å². The van der Waals surface area contributed by atoms with Crippen molar-refractivity contribution < 1.29 is 9.15 Å². The second kappa shape index (κ2) is 8.75. The highest BCUT2D eigenvalue weighted by Gasteiger charge is 2.29. The zero-order valence-corrected chi connectivity index (χ0v) is 18.2. The monoisotopic (exact) mass is 421 g/mol. The summed E-state index contributed by atoms with van der Waals surface area (Å²) >= 11 is 0. The third kappa shape index (κ3) is 4.06. The summed E-state index contributed by atoms with van der Waals surface area (Å²) in [4.78, 5) is 14.2. The van der Waals surface area contributed by atoms with Crippen LogP contribution in [-0.2, 0) is 6.54 Å². The van der Waals surface area contributed by atoms with E-state index in [4.69, 9.17) is 9.15 Å². The van der Waals surface area contributed by atoms with Gasteiger partial charge in [0.1, 0.15) is 5.52 Å². The lowest BCUT2D eigenvalue weighted by atomic mass is 9.91. The molecule has 5 heterocycles. The molecule has 0 saturated carbocycles. The second-order valence-electron chi connectivity index (χ2n) is 8.71. The number of pyridine rings is 1. The summed E-state index contributed by atoms with van der Waals surface area (Å²) in [7, 11) is 1.69. The molecular formula is C24H31N5O2. The zero-order chi connectivity index (χ0) is 21.2. The maximum Gasteiger partial charge on any atom is 0.298 e. The summed E-state index contributed by atoms with van der Waals surface area (Å²) in [6.45, 7) is 9.78. The number of hydrogen-bond donors (Lipinski definition) is 0. The van der Waals surface area contributed by atoms with Gasteiger partial charge in [0.15, 0.2) is 5.65 Å². The summed E-state index contributed by atoms with van der Waals surface area (Å²) in [6.07, 6.45) is 9.90. The Morgan fingerprint density at radius 2 is 1.97 bits per heavy atom. The van der Waals surface area contributed by atoms with Gasteiger partial charge in [-0.05, 0) is 57.0 Å². The van der Waals surface area contributed by atoms with Gasteiger partial charge in [0.25, 0.3) is 6.01 Å². The first-order valence-corrected chi connectivity index (χ1v) is 11.3. The van der Waals surface area contributed by atoms with Crippen LogP contribution >= 0.6 is 0 Å². The Kier molecular flexibility index (Phi) is 5.68. The molecule has 164 valence electrons. The lowest BCUT2D eigenvalue weighted by molar-refractivity contribution is 0.153. The Bertz CT molecular complexity index is 1010. The SMILES string of the molecule is C=C(C1CCN(Cc2ccoc2)CC1)N1CCC(n2c(OC)nc3cccnc32)CC1. The summed E-state index contributed by atoms with van der Waals surface area (Å²) in [5, 5.41) is 0. The van der Waals surface area contributed by atoms with Crippen molar-refractivity contribution in [2.24, 2.45) is 5.92 Å². The molecule has 0 unspecified atom stereocenters. The van der Waals surface area contributed by atoms with Crippen molar-refractivity contribution in [3.8, 4) is 6.01 Å². The van der Waals surface area contributed by atoms with E-state index in [1.165, 1.54) is 24.1 Å². The molecule has 3 aromatic rings. The van der Waals surface area contributed by atoms with E-state index in [1.807, 2.05) is 24.6 Å². The van der Waals surface area contributed by atoms with E-state index in [0.717, 1.165) is 56.7 Å². The molecule has 0 N–H and O–H groups in total. The highest BCUT2D eigenvalue weighted by molar-refractivity contribution is 5.72.